The Balaban J connectivity index is 0.000000116. The third-order valence-corrected chi connectivity index (χ3v) is 20.3. The van der Waals surface area contributed by atoms with Crippen molar-refractivity contribution in [2.24, 2.45) is 0 Å². The topological polar surface area (TPSA) is 4.93 Å². The van der Waals surface area contributed by atoms with E-state index in [0.717, 1.165) is 16.6 Å². The van der Waals surface area contributed by atoms with Gasteiger partial charge in [-0.15, -0.1) is 0 Å². The Bertz CT molecular complexity index is 6110. The summed E-state index contributed by atoms with van der Waals surface area (Å²) in [6.45, 7) is 0. The van der Waals surface area contributed by atoms with Crippen LogP contribution in [-0.2, 0) is 6.42 Å². The number of hydrogen-bond donors (Lipinski definition) is 0. The average Bonchev–Trinajstić information content (AvgIpc) is 1.73. The normalized spacial score (nSPS) is 11.8. The van der Waals surface area contributed by atoms with Crippen molar-refractivity contribution in [3.8, 4) is 61.3 Å². The number of fused-ring (bicyclic) bond motifs is 18. The molecule has 1 aliphatic rings. The van der Waals surface area contributed by atoms with E-state index in [2.05, 4.69) is 372 Å². The predicted octanol–water partition coefficient (Wildman–Crippen LogP) is 26.4. The summed E-state index contributed by atoms with van der Waals surface area (Å²) >= 11 is 3.56. The zero-order valence-electron chi connectivity index (χ0n) is 52.0. The Hall–Kier alpha value is -11.7. The van der Waals surface area contributed by atoms with E-state index in [9.17, 15) is 0 Å². The highest BCUT2D eigenvalue weighted by Crippen LogP contribution is 2.48. The van der Waals surface area contributed by atoms with Gasteiger partial charge in [0.2, 0.25) is 0 Å². The van der Waals surface area contributed by atoms with Crippen molar-refractivity contribution in [1.29, 1.82) is 0 Å². The van der Waals surface area contributed by atoms with Crippen LogP contribution >= 0.6 is 15.9 Å². The number of nitrogens with zero attached hydrogens (tertiary/aromatic N) is 1. The van der Waals surface area contributed by atoms with Crippen LogP contribution in [0.25, 0.3) is 169 Å². The monoisotopic (exact) mass is 1270 g/mol. The van der Waals surface area contributed by atoms with Gasteiger partial charge < -0.3 is 4.57 Å². The molecule has 0 spiro atoms. The van der Waals surface area contributed by atoms with Gasteiger partial charge in [-0.2, -0.15) is 0 Å². The lowest BCUT2D eigenvalue weighted by atomic mass is 9.86. The molecule has 0 fully saturated rings. The molecule has 0 unspecified atom stereocenters. The van der Waals surface area contributed by atoms with Crippen LogP contribution in [0.3, 0.4) is 0 Å². The fraction of sp³-hybridized carbons (Fsp3) is 0.0108. The molecule has 1 heterocycles. The Morgan fingerprint density at radius 1 is 0.232 bits per heavy atom. The highest BCUT2D eigenvalue weighted by Gasteiger charge is 2.24. The van der Waals surface area contributed by atoms with E-state index < -0.39 is 0 Å². The van der Waals surface area contributed by atoms with Gasteiger partial charge in [-0.05, 0) is 184 Å². The number of rotatable bonds is 5. The number of benzene rings is 18. The molecule has 2 heteroatoms. The van der Waals surface area contributed by atoms with E-state index in [1.165, 1.54) is 175 Å². The van der Waals surface area contributed by atoms with Gasteiger partial charge in [0.05, 0.1) is 11.0 Å². The standard InChI is InChI=1S/C46H29N.C26H17Br.C21H14/c1-2-14-32(15-3-1)43-37-18-8-10-20-39(37)44(40-21-11-9-19-38(40)43)33-22-26-34(27-23-33)47-42-29-25-30-12-4-6-16-35(30)45(42)41-28-24-31-13-5-7-17-36(31)46(41)47;27-20-16-14-19(15-17-20)26-23-12-6-4-10-21(23)25(18-8-2-1-3-9-18)22-11-5-7-13-24(22)26;1-3-7-17-14(5-1)11-12-19-20(17)13-16-10-9-15-6-2-4-8-18(15)21(16)19/h1-29H;1-17H;1-12H,13H2. The smallest absolute Gasteiger partial charge is 0.0619 e. The first-order chi connectivity index (χ1) is 47.1. The van der Waals surface area contributed by atoms with Gasteiger partial charge in [-0.1, -0.05) is 337 Å². The predicted molar refractivity (Wildman–Crippen MR) is 411 cm³/mol. The summed E-state index contributed by atoms with van der Waals surface area (Å²) in [5, 5.41) is 23.4. The van der Waals surface area contributed by atoms with Gasteiger partial charge >= 0.3 is 0 Å². The lowest BCUT2D eigenvalue weighted by Gasteiger charge is -2.18. The van der Waals surface area contributed by atoms with Crippen molar-refractivity contribution >= 4 is 124 Å². The first-order valence-electron chi connectivity index (χ1n) is 32.8. The summed E-state index contributed by atoms with van der Waals surface area (Å²) in [6, 6.07) is 128. The molecular weight excluding hydrogens is 1210 g/mol. The number of halogens is 1. The van der Waals surface area contributed by atoms with Crippen molar-refractivity contribution in [2.45, 2.75) is 6.42 Å². The van der Waals surface area contributed by atoms with E-state index >= 15 is 0 Å². The van der Waals surface area contributed by atoms with Crippen LogP contribution in [0.5, 0.6) is 0 Å². The Labute approximate surface area is 559 Å². The fourth-order valence-electron chi connectivity index (χ4n) is 15.7. The fourth-order valence-corrected chi connectivity index (χ4v) is 15.9. The lowest BCUT2D eigenvalue weighted by Crippen LogP contribution is -1.95. The molecule has 0 atom stereocenters. The van der Waals surface area contributed by atoms with Gasteiger partial charge in [-0.3, -0.25) is 0 Å². The van der Waals surface area contributed by atoms with Crippen molar-refractivity contribution < 1.29 is 0 Å². The zero-order chi connectivity index (χ0) is 62.9. The molecule has 20 rings (SSSR count). The van der Waals surface area contributed by atoms with Gasteiger partial charge in [-0.25, -0.2) is 0 Å². The second kappa shape index (κ2) is 23.5. The second-order valence-corrected chi connectivity index (χ2v) is 25.9. The molecular formula is C93H60BrN. The summed E-state index contributed by atoms with van der Waals surface area (Å²) < 4.78 is 3.57. The number of hydrogen-bond acceptors (Lipinski definition) is 0. The highest BCUT2D eigenvalue weighted by molar-refractivity contribution is 9.10. The maximum Gasteiger partial charge on any atom is 0.0619 e. The largest absolute Gasteiger partial charge is 0.309 e. The highest BCUT2D eigenvalue weighted by atomic mass is 79.9. The Morgan fingerprint density at radius 3 is 1.07 bits per heavy atom. The van der Waals surface area contributed by atoms with Gasteiger partial charge in [0, 0.05) is 26.3 Å². The molecule has 0 aliphatic heterocycles. The van der Waals surface area contributed by atoms with Crippen LogP contribution in [0.15, 0.2) is 356 Å². The van der Waals surface area contributed by atoms with Gasteiger partial charge in [0.1, 0.15) is 0 Å². The lowest BCUT2D eigenvalue weighted by molar-refractivity contribution is 1.19. The van der Waals surface area contributed by atoms with Gasteiger partial charge in [0.25, 0.3) is 0 Å². The van der Waals surface area contributed by atoms with Crippen molar-refractivity contribution in [1.82, 2.24) is 4.57 Å². The van der Waals surface area contributed by atoms with Crippen LogP contribution in [-0.4, -0.2) is 4.57 Å². The van der Waals surface area contributed by atoms with E-state index in [1.807, 2.05) is 0 Å². The minimum Gasteiger partial charge on any atom is -0.309 e. The van der Waals surface area contributed by atoms with Crippen molar-refractivity contribution in [3.63, 3.8) is 0 Å². The third kappa shape index (κ3) is 9.51. The molecule has 18 aromatic carbocycles. The maximum absolute atomic E-state index is 3.56. The van der Waals surface area contributed by atoms with Gasteiger partial charge in [0.15, 0.2) is 0 Å². The molecule has 1 aliphatic carbocycles. The van der Waals surface area contributed by atoms with E-state index in [0.29, 0.717) is 0 Å². The number of aromatic nitrogens is 1. The Morgan fingerprint density at radius 2 is 0.579 bits per heavy atom. The molecule has 1 aromatic heterocycles. The second-order valence-electron chi connectivity index (χ2n) is 25.0. The molecule has 0 bridgehead atoms. The molecule has 444 valence electrons. The van der Waals surface area contributed by atoms with Crippen molar-refractivity contribution in [3.05, 3.63) is 367 Å². The molecule has 0 saturated carbocycles. The van der Waals surface area contributed by atoms with E-state index in [-0.39, 0.29) is 0 Å². The molecule has 0 saturated heterocycles. The maximum atomic E-state index is 3.56. The average molecular weight is 1270 g/mol. The summed E-state index contributed by atoms with van der Waals surface area (Å²) in [7, 11) is 0. The van der Waals surface area contributed by atoms with Crippen molar-refractivity contribution in [2.75, 3.05) is 0 Å². The molecule has 0 radical (unpaired) electrons. The SMILES string of the molecule is Brc1ccc(-c2c3ccccc3c(-c3ccccc3)c3ccccc23)cc1.c1ccc(-c2c3ccccc3c(-c3ccc(-n4c5ccc6ccccc6c5c5ccc6ccccc6c54)cc3)c3ccccc23)cc1.c1ccc2c3c(ccc2c1)-c1c(ccc2ccccc12)C3. The van der Waals surface area contributed by atoms with Crippen LogP contribution in [0.4, 0.5) is 0 Å². The molecule has 0 amide bonds. The summed E-state index contributed by atoms with van der Waals surface area (Å²) in [5.74, 6) is 0. The van der Waals surface area contributed by atoms with Crippen LogP contribution in [0.2, 0.25) is 0 Å². The first-order valence-corrected chi connectivity index (χ1v) is 33.6. The molecule has 0 N–H and O–H groups in total. The first kappa shape index (κ1) is 56.1. The Kier molecular flexibility index (Phi) is 13.9. The summed E-state index contributed by atoms with van der Waals surface area (Å²) in [4.78, 5) is 0. The molecule has 1 nitrogen and oxygen atoms in total. The van der Waals surface area contributed by atoms with E-state index in [1.54, 1.807) is 0 Å². The minimum atomic E-state index is 1.05. The molecule has 19 aromatic rings. The molecule has 95 heavy (non-hydrogen) atoms. The van der Waals surface area contributed by atoms with Crippen LogP contribution in [0.1, 0.15) is 11.1 Å². The summed E-state index contributed by atoms with van der Waals surface area (Å²) in [6.07, 6.45) is 1.05. The zero-order valence-corrected chi connectivity index (χ0v) is 53.6. The quantitative estimate of drug-likeness (QED) is 0.151. The minimum absolute atomic E-state index is 1.05. The van der Waals surface area contributed by atoms with Crippen LogP contribution in [0, 0.1) is 0 Å². The van der Waals surface area contributed by atoms with E-state index in [4.69, 9.17) is 0 Å². The summed E-state index contributed by atoms with van der Waals surface area (Å²) in [5.41, 5.74) is 19.6. The third-order valence-electron chi connectivity index (χ3n) is 19.8. The van der Waals surface area contributed by atoms with Crippen LogP contribution < -0.4 is 0 Å².